The van der Waals surface area contributed by atoms with E-state index in [4.69, 9.17) is 11.6 Å². The molecule has 2 rings (SSSR count). The highest BCUT2D eigenvalue weighted by Gasteiger charge is 2.24. The number of hydrogen-bond acceptors (Lipinski definition) is 3. The summed E-state index contributed by atoms with van der Waals surface area (Å²) in [6, 6.07) is 2.53. The lowest BCUT2D eigenvalue weighted by Crippen LogP contribution is -2.39. The molecule has 0 amide bonds. The van der Waals surface area contributed by atoms with Crippen molar-refractivity contribution in [3.8, 4) is 0 Å². The third kappa shape index (κ3) is 3.17. The molecule has 94 valence electrons. The molecule has 0 bridgehead atoms. The topological polar surface area (TPSA) is 29.0 Å². The van der Waals surface area contributed by atoms with E-state index >= 15 is 0 Å². The van der Waals surface area contributed by atoms with Gasteiger partial charge in [-0.15, -0.1) is 0 Å². The summed E-state index contributed by atoms with van der Waals surface area (Å²) < 4.78 is 0. The predicted molar refractivity (Wildman–Crippen MR) is 70.5 cm³/mol. The van der Waals surface area contributed by atoms with Crippen LogP contribution in [0.5, 0.6) is 0 Å². The van der Waals surface area contributed by atoms with E-state index in [9.17, 15) is 0 Å². The molecule has 0 saturated carbocycles. The SMILES string of the molecule is Cc1nc(Cl)cc(C2CCCN(C(C)C)C2)n1. The van der Waals surface area contributed by atoms with Crippen LogP contribution in [0.2, 0.25) is 5.15 Å². The van der Waals surface area contributed by atoms with Crippen molar-refractivity contribution in [2.45, 2.75) is 45.6 Å². The van der Waals surface area contributed by atoms with Crippen molar-refractivity contribution in [3.05, 3.63) is 22.7 Å². The Labute approximate surface area is 108 Å². The minimum Gasteiger partial charge on any atom is -0.300 e. The van der Waals surface area contributed by atoms with E-state index < -0.39 is 0 Å². The monoisotopic (exact) mass is 253 g/mol. The van der Waals surface area contributed by atoms with Crippen molar-refractivity contribution in [2.24, 2.45) is 0 Å². The van der Waals surface area contributed by atoms with Gasteiger partial charge in [-0.25, -0.2) is 9.97 Å². The van der Waals surface area contributed by atoms with Gasteiger partial charge in [0, 0.05) is 24.2 Å². The van der Waals surface area contributed by atoms with Crippen molar-refractivity contribution in [1.82, 2.24) is 14.9 Å². The van der Waals surface area contributed by atoms with Gasteiger partial charge in [-0.05, 0) is 46.2 Å². The number of aromatic nitrogens is 2. The Kier molecular flexibility index (Phi) is 4.00. The van der Waals surface area contributed by atoms with Crippen molar-refractivity contribution < 1.29 is 0 Å². The third-order valence-corrected chi connectivity index (χ3v) is 3.62. The Balaban J connectivity index is 2.16. The Bertz CT molecular complexity index is 372. The van der Waals surface area contributed by atoms with Gasteiger partial charge in [0.1, 0.15) is 11.0 Å². The van der Waals surface area contributed by atoms with Crippen LogP contribution in [-0.2, 0) is 0 Å². The lowest BCUT2D eigenvalue weighted by Gasteiger charge is -2.35. The zero-order chi connectivity index (χ0) is 12.4. The molecule has 1 aliphatic heterocycles. The molecule has 1 aromatic rings. The highest BCUT2D eigenvalue weighted by Crippen LogP contribution is 2.27. The average Bonchev–Trinajstić information content (AvgIpc) is 2.28. The van der Waals surface area contributed by atoms with E-state index in [1.807, 2.05) is 13.0 Å². The Morgan fingerprint density at radius 1 is 1.41 bits per heavy atom. The molecule has 3 nitrogen and oxygen atoms in total. The van der Waals surface area contributed by atoms with Gasteiger partial charge in [-0.1, -0.05) is 11.6 Å². The van der Waals surface area contributed by atoms with Gasteiger partial charge in [0.05, 0.1) is 0 Å². The summed E-state index contributed by atoms with van der Waals surface area (Å²) in [6.07, 6.45) is 2.44. The van der Waals surface area contributed by atoms with E-state index in [0.717, 1.165) is 18.1 Å². The number of piperidine rings is 1. The first-order chi connectivity index (χ1) is 8.06. The van der Waals surface area contributed by atoms with Gasteiger partial charge in [0.15, 0.2) is 0 Å². The molecule has 1 saturated heterocycles. The quantitative estimate of drug-likeness (QED) is 0.759. The first-order valence-corrected chi connectivity index (χ1v) is 6.69. The fourth-order valence-corrected chi connectivity index (χ4v) is 2.71. The third-order valence-electron chi connectivity index (χ3n) is 3.43. The normalized spacial score (nSPS) is 22.1. The maximum Gasteiger partial charge on any atom is 0.133 e. The molecule has 1 aromatic heterocycles. The number of nitrogens with zero attached hydrogens (tertiary/aromatic N) is 3. The molecule has 2 heterocycles. The van der Waals surface area contributed by atoms with Crippen molar-refractivity contribution in [3.63, 3.8) is 0 Å². The second kappa shape index (κ2) is 5.32. The number of rotatable bonds is 2. The minimum atomic E-state index is 0.505. The molecule has 0 spiro atoms. The summed E-state index contributed by atoms with van der Waals surface area (Å²) in [5.74, 6) is 1.28. The van der Waals surface area contributed by atoms with E-state index in [-0.39, 0.29) is 0 Å². The van der Waals surface area contributed by atoms with E-state index in [1.54, 1.807) is 0 Å². The Morgan fingerprint density at radius 2 is 2.18 bits per heavy atom. The average molecular weight is 254 g/mol. The number of likely N-dealkylation sites (tertiary alicyclic amines) is 1. The minimum absolute atomic E-state index is 0.505. The van der Waals surface area contributed by atoms with E-state index in [1.165, 1.54) is 19.4 Å². The molecule has 0 aliphatic carbocycles. The summed E-state index contributed by atoms with van der Waals surface area (Å²) in [4.78, 5) is 11.2. The van der Waals surface area contributed by atoms with Crippen molar-refractivity contribution in [2.75, 3.05) is 13.1 Å². The molecule has 0 N–H and O–H groups in total. The molecule has 1 aliphatic rings. The summed E-state index contributed by atoms with van der Waals surface area (Å²) in [6.45, 7) is 8.69. The second-order valence-corrected chi connectivity index (χ2v) is 5.48. The Morgan fingerprint density at radius 3 is 2.82 bits per heavy atom. The lowest BCUT2D eigenvalue weighted by atomic mass is 9.94. The van der Waals surface area contributed by atoms with Crippen LogP contribution in [0.3, 0.4) is 0 Å². The first-order valence-electron chi connectivity index (χ1n) is 6.31. The second-order valence-electron chi connectivity index (χ2n) is 5.09. The highest BCUT2D eigenvalue weighted by molar-refractivity contribution is 6.29. The van der Waals surface area contributed by atoms with Crippen LogP contribution in [0, 0.1) is 6.92 Å². The first kappa shape index (κ1) is 12.8. The highest BCUT2D eigenvalue weighted by atomic mass is 35.5. The van der Waals surface area contributed by atoms with Gasteiger partial charge in [0.25, 0.3) is 0 Å². The summed E-state index contributed by atoms with van der Waals surface area (Å²) in [7, 11) is 0. The smallest absolute Gasteiger partial charge is 0.133 e. The van der Waals surface area contributed by atoms with Gasteiger partial charge < -0.3 is 4.90 Å². The number of halogens is 1. The van der Waals surface area contributed by atoms with Crippen LogP contribution in [0.1, 0.15) is 44.1 Å². The standard InChI is InChI=1S/C13H20ClN3/c1-9(2)17-6-4-5-11(8-17)12-7-13(14)16-10(3)15-12/h7,9,11H,4-6,8H2,1-3H3. The molecule has 1 fully saturated rings. The van der Waals surface area contributed by atoms with Crippen LogP contribution in [0.4, 0.5) is 0 Å². The van der Waals surface area contributed by atoms with Crippen molar-refractivity contribution >= 4 is 11.6 Å². The Hall–Kier alpha value is -0.670. The maximum atomic E-state index is 6.00. The molecular formula is C13H20ClN3. The largest absolute Gasteiger partial charge is 0.300 e. The summed E-state index contributed by atoms with van der Waals surface area (Å²) in [5.41, 5.74) is 1.10. The fraction of sp³-hybridized carbons (Fsp3) is 0.692. The maximum absolute atomic E-state index is 6.00. The van der Waals surface area contributed by atoms with Gasteiger partial charge >= 0.3 is 0 Å². The van der Waals surface area contributed by atoms with E-state index in [0.29, 0.717) is 17.1 Å². The van der Waals surface area contributed by atoms with Crippen LogP contribution in [-0.4, -0.2) is 34.0 Å². The summed E-state index contributed by atoms with van der Waals surface area (Å²) in [5, 5.41) is 0.564. The van der Waals surface area contributed by atoms with Crippen LogP contribution >= 0.6 is 11.6 Å². The molecular weight excluding hydrogens is 234 g/mol. The van der Waals surface area contributed by atoms with Crippen LogP contribution in [0.25, 0.3) is 0 Å². The molecule has 4 heteroatoms. The zero-order valence-corrected chi connectivity index (χ0v) is 11.5. The van der Waals surface area contributed by atoms with Crippen molar-refractivity contribution in [1.29, 1.82) is 0 Å². The number of hydrogen-bond donors (Lipinski definition) is 0. The van der Waals surface area contributed by atoms with Crippen LogP contribution < -0.4 is 0 Å². The van der Waals surface area contributed by atoms with Gasteiger partial charge in [-0.2, -0.15) is 0 Å². The number of aryl methyl sites for hydroxylation is 1. The molecule has 17 heavy (non-hydrogen) atoms. The van der Waals surface area contributed by atoms with Gasteiger partial charge in [0.2, 0.25) is 0 Å². The fourth-order valence-electron chi connectivity index (χ4n) is 2.48. The lowest BCUT2D eigenvalue weighted by molar-refractivity contribution is 0.166. The zero-order valence-electron chi connectivity index (χ0n) is 10.8. The van der Waals surface area contributed by atoms with E-state index in [2.05, 4.69) is 28.7 Å². The predicted octanol–water partition coefficient (Wildman–Crippen LogP) is 3.03. The molecule has 0 aromatic carbocycles. The van der Waals surface area contributed by atoms with Crippen LogP contribution in [0.15, 0.2) is 6.07 Å². The molecule has 1 atom stereocenters. The van der Waals surface area contributed by atoms with Gasteiger partial charge in [-0.3, -0.25) is 0 Å². The molecule has 1 unspecified atom stereocenters. The summed E-state index contributed by atoms with van der Waals surface area (Å²) >= 11 is 6.00. The molecule has 0 radical (unpaired) electrons.